The van der Waals surface area contributed by atoms with Crippen LogP contribution in [0.4, 0.5) is 0 Å². The second kappa shape index (κ2) is 5.75. The first-order chi connectivity index (χ1) is 10.8. The highest BCUT2D eigenvalue weighted by atomic mass is 16.2. The Bertz CT molecular complexity index is 691. The van der Waals surface area contributed by atoms with Crippen LogP contribution in [0.2, 0.25) is 0 Å². The van der Waals surface area contributed by atoms with Crippen LogP contribution in [0, 0.1) is 5.92 Å². The number of nitrogens with zero attached hydrogens (tertiary/aromatic N) is 1. The minimum atomic E-state index is 0.238. The minimum Gasteiger partial charge on any atom is -0.335 e. The molecule has 4 rings (SSSR count). The Morgan fingerprint density at radius 1 is 0.909 bits per heavy atom. The summed E-state index contributed by atoms with van der Waals surface area (Å²) in [6.45, 7) is 0.937. The Morgan fingerprint density at radius 2 is 1.68 bits per heavy atom. The minimum absolute atomic E-state index is 0.238. The summed E-state index contributed by atoms with van der Waals surface area (Å²) < 4.78 is 0. The van der Waals surface area contributed by atoms with Crippen molar-refractivity contribution >= 4 is 16.7 Å². The van der Waals surface area contributed by atoms with Crippen LogP contribution in [-0.2, 0) is 0 Å². The van der Waals surface area contributed by atoms with Gasteiger partial charge >= 0.3 is 0 Å². The van der Waals surface area contributed by atoms with Gasteiger partial charge in [-0.2, -0.15) is 0 Å². The van der Waals surface area contributed by atoms with Crippen molar-refractivity contribution in [3.8, 4) is 0 Å². The van der Waals surface area contributed by atoms with Gasteiger partial charge in [0.1, 0.15) is 0 Å². The van der Waals surface area contributed by atoms with Gasteiger partial charge in [0.05, 0.1) is 0 Å². The van der Waals surface area contributed by atoms with Gasteiger partial charge in [0.15, 0.2) is 0 Å². The molecule has 1 heterocycles. The lowest BCUT2D eigenvalue weighted by Gasteiger charge is -2.44. The molecule has 2 aliphatic rings. The summed E-state index contributed by atoms with van der Waals surface area (Å²) >= 11 is 0. The number of carbonyl (C=O) groups excluding carboxylic acids is 1. The molecule has 2 nitrogen and oxygen atoms in total. The van der Waals surface area contributed by atoms with Crippen LogP contribution in [0.25, 0.3) is 10.8 Å². The van der Waals surface area contributed by atoms with Gasteiger partial charge in [0.25, 0.3) is 5.91 Å². The number of benzene rings is 2. The molecule has 0 radical (unpaired) electrons. The molecular formula is C20H23NO. The predicted octanol–water partition coefficient (Wildman–Crippen LogP) is 4.63. The number of hydrogen-bond acceptors (Lipinski definition) is 1. The fourth-order valence-corrected chi connectivity index (χ4v) is 4.37. The fourth-order valence-electron chi connectivity index (χ4n) is 4.37. The van der Waals surface area contributed by atoms with Gasteiger partial charge in [0.2, 0.25) is 0 Å². The van der Waals surface area contributed by atoms with Gasteiger partial charge in [0, 0.05) is 18.2 Å². The third-order valence-corrected chi connectivity index (χ3v) is 5.50. The third kappa shape index (κ3) is 2.41. The highest BCUT2D eigenvalue weighted by Crippen LogP contribution is 2.36. The SMILES string of the molecule is O=C(c1ccc2ccccc2c1)N1CCC[C@H]2CCCC[C@@H]21. The normalized spacial score (nSPS) is 25.0. The van der Waals surface area contributed by atoms with Crippen LogP contribution in [0.1, 0.15) is 48.9 Å². The second-order valence-corrected chi connectivity index (χ2v) is 6.81. The lowest BCUT2D eigenvalue weighted by atomic mass is 9.78. The van der Waals surface area contributed by atoms with Crippen molar-refractivity contribution < 1.29 is 4.79 Å². The molecule has 1 saturated carbocycles. The van der Waals surface area contributed by atoms with E-state index >= 15 is 0 Å². The van der Waals surface area contributed by atoms with Gasteiger partial charge in [-0.3, -0.25) is 4.79 Å². The van der Waals surface area contributed by atoms with Crippen LogP contribution in [0.3, 0.4) is 0 Å². The molecule has 1 aliphatic carbocycles. The van der Waals surface area contributed by atoms with E-state index in [0.717, 1.165) is 23.4 Å². The average molecular weight is 293 g/mol. The van der Waals surface area contributed by atoms with E-state index in [4.69, 9.17) is 0 Å². The summed E-state index contributed by atoms with van der Waals surface area (Å²) in [5, 5.41) is 2.36. The molecule has 0 N–H and O–H groups in total. The maximum absolute atomic E-state index is 13.0. The number of likely N-dealkylation sites (tertiary alicyclic amines) is 1. The standard InChI is InChI=1S/C20H23NO/c22-20(18-12-11-15-6-1-2-8-17(15)14-18)21-13-5-9-16-7-3-4-10-19(16)21/h1-2,6,8,11-12,14,16,19H,3-5,7,9-10,13H2/t16-,19+/m1/s1. The Balaban J connectivity index is 1.64. The molecule has 2 fully saturated rings. The Kier molecular flexibility index (Phi) is 3.61. The maximum atomic E-state index is 13.0. The molecule has 0 bridgehead atoms. The topological polar surface area (TPSA) is 20.3 Å². The van der Waals surface area contributed by atoms with Crippen LogP contribution >= 0.6 is 0 Å². The summed E-state index contributed by atoms with van der Waals surface area (Å²) in [6.07, 6.45) is 7.62. The molecule has 22 heavy (non-hydrogen) atoms. The van der Waals surface area contributed by atoms with Crippen molar-refractivity contribution in [1.29, 1.82) is 0 Å². The fraction of sp³-hybridized carbons (Fsp3) is 0.450. The van der Waals surface area contributed by atoms with Crippen molar-refractivity contribution in [2.45, 2.75) is 44.6 Å². The quantitative estimate of drug-likeness (QED) is 0.750. The maximum Gasteiger partial charge on any atom is 0.254 e. The largest absolute Gasteiger partial charge is 0.335 e. The van der Waals surface area contributed by atoms with Crippen LogP contribution in [0.15, 0.2) is 42.5 Å². The van der Waals surface area contributed by atoms with Crippen molar-refractivity contribution in [3.63, 3.8) is 0 Å². The summed E-state index contributed by atoms with van der Waals surface area (Å²) in [5.74, 6) is 0.981. The highest BCUT2D eigenvalue weighted by Gasteiger charge is 2.35. The Morgan fingerprint density at radius 3 is 2.59 bits per heavy atom. The lowest BCUT2D eigenvalue weighted by Crippen LogP contribution is -2.49. The lowest BCUT2D eigenvalue weighted by molar-refractivity contribution is 0.0391. The average Bonchev–Trinajstić information content (AvgIpc) is 2.60. The highest BCUT2D eigenvalue weighted by molar-refractivity contribution is 5.98. The number of fused-ring (bicyclic) bond motifs is 2. The summed E-state index contributed by atoms with van der Waals surface area (Å²) in [6, 6.07) is 14.9. The zero-order valence-electron chi connectivity index (χ0n) is 13.0. The van der Waals surface area contributed by atoms with Gasteiger partial charge in [-0.05, 0) is 54.5 Å². The Hall–Kier alpha value is -1.83. The number of piperidine rings is 1. The number of rotatable bonds is 1. The monoisotopic (exact) mass is 293 g/mol. The first kappa shape index (κ1) is 13.8. The molecule has 114 valence electrons. The van der Waals surface area contributed by atoms with Crippen molar-refractivity contribution in [2.75, 3.05) is 6.54 Å². The predicted molar refractivity (Wildman–Crippen MR) is 90.0 cm³/mol. The molecule has 1 amide bonds. The molecule has 1 saturated heterocycles. The molecule has 2 aromatic rings. The van der Waals surface area contributed by atoms with E-state index in [-0.39, 0.29) is 5.91 Å². The van der Waals surface area contributed by atoms with Crippen LogP contribution < -0.4 is 0 Å². The van der Waals surface area contributed by atoms with E-state index in [0.29, 0.717) is 6.04 Å². The van der Waals surface area contributed by atoms with Gasteiger partial charge in [-0.15, -0.1) is 0 Å². The molecule has 2 heteroatoms. The number of amides is 1. The molecule has 0 unspecified atom stereocenters. The van der Waals surface area contributed by atoms with Crippen LogP contribution in [-0.4, -0.2) is 23.4 Å². The smallest absolute Gasteiger partial charge is 0.254 e. The molecule has 0 spiro atoms. The second-order valence-electron chi connectivity index (χ2n) is 6.81. The van der Waals surface area contributed by atoms with Crippen molar-refractivity contribution in [2.24, 2.45) is 5.92 Å². The van der Waals surface area contributed by atoms with E-state index in [9.17, 15) is 4.79 Å². The molecule has 2 atom stereocenters. The zero-order valence-corrected chi connectivity index (χ0v) is 13.0. The van der Waals surface area contributed by atoms with Crippen molar-refractivity contribution in [3.05, 3.63) is 48.0 Å². The van der Waals surface area contributed by atoms with E-state index in [2.05, 4.69) is 29.2 Å². The van der Waals surface area contributed by atoms with E-state index in [1.807, 2.05) is 18.2 Å². The van der Waals surface area contributed by atoms with Gasteiger partial charge in [-0.25, -0.2) is 0 Å². The van der Waals surface area contributed by atoms with Crippen molar-refractivity contribution in [1.82, 2.24) is 4.90 Å². The summed E-state index contributed by atoms with van der Waals surface area (Å²) in [5.41, 5.74) is 0.852. The third-order valence-electron chi connectivity index (χ3n) is 5.50. The summed E-state index contributed by atoms with van der Waals surface area (Å²) in [4.78, 5) is 15.2. The molecule has 1 aliphatic heterocycles. The Labute approximate surface area is 132 Å². The van der Waals surface area contributed by atoms with E-state index < -0.39 is 0 Å². The summed E-state index contributed by atoms with van der Waals surface area (Å²) in [7, 11) is 0. The van der Waals surface area contributed by atoms with Gasteiger partial charge in [-0.1, -0.05) is 43.2 Å². The molecule has 2 aromatic carbocycles. The first-order valence-corrected chi connectivity index (χ1v) is 8.63. The zero-order chi connectivity index (χ0) is 14.9. The van der Waals surface area contributed by atoms with Gasteiger partial charge < -0.3 is 4.90 Å². The molecule has 0 aromatic heterocycles. The first-order valence-electron chi connectivity index (χ1n) is 8.63. The molecular weight excluding hydrogens is 270 g/mol. The van der Waals surface area contributed by atoms with E-state index in [1.165, 1.54) is 43.9 Å². The van der Waals surface area contributed by atoms with E-state index in [1.54, 1.807) is 0 Å². The number of hydrogen-bond donors (Lipinski definition) is 0. The number of carbonyl (C=O) groups is 1. The van der Waals surface area contributed by atoms with Crippen LogP contribution in [0.5, 0.6) is 0 Å².